The largest absolute Gasteiger partial charge is 0.481 e. The van der Waals surface area contributed by atoms with Crippen molar-refractivity contribution in [3.63, 3.8) is 0 Å². The zero-order chi connectivity index (χ0) is 10.4. The van der Waals surface area contributed by atoms with Gasteiger partial charge in [-0.1, -0.05) is 13.8 Å². The van der Waals surface area contributed by atoms with Crippen molar-refractivity contribution in [1.29, 1.82) is 0 Å². The first-order chi connectivity index (χ1) is 5.73. The van der Waals surface area contributed by atoms with Crippen LogP contribution in [0.25, 0.3) is 0 Å². The van der Waals surface area contributed by atoms with Crippen molar-refractivity contribution in [1.82, 2.24) is 0 Å². The van der Waals surface area contributed by atoms with E-state index in [4.69, 9.17) is 5.11 Å². The molecule has 0 heterocycles. The molecule has 2 unspecified atom stereocenters. The van der Waals surface area contributed by atoms with Crippen LogP contribution < -0.4 is 0 Å². The summed E-state index contributed by atoms with van der Waals surface area (Å²) in [5.41, 5.74) is -2.46. The maximum atomic E-state index is 12.4. The molecular formula is C8H11F3O2. The Morgan fingerprint density at radius 1 is 1.54 bits per heavy atom. The fraction of sp³-hybridized carbons (Fsp3) is 0.875. The number of rotatable bonds is 2. The number of hydrogen-bond donors (Lipinski definition) is 1. The first-order valence-electron chi connectivity index (χ1n) is 4.03. The summed E-state index contributed by atoms with van der Waals surface area (Å²) in [5, 5.41) is 8.54. The molecule has 2 nitrogen and oxygen atoms in total. The number of alkyl halides is 3. The van der Waals surface area contributed by atoms with E-state index in [9.17, 15) is 18.0 Å². The van der Waals surface area contributed by atoms with Gasteiger partial charge in [0.1, 0.15) is 0 Å². The predicted octanol–water partition coefficient (Wildman–Crippen LogP) is 2.30. The monoisotopic (exact) mass is 196 g/mol. The summed E-state index contributed by atoms with van der Waals surface area (Å²) < 4.78 is 37.1. The Balaban J connectivity index is 2.91. The van der Waals surface area contributed by atoms with Crippen LogP contribution in [0.15, 0.2) is 0 Å². The van der Waals surface area contributed by atoms with Gasteiger partial charge in [-0.15, -0.1) is 0 Å². The summed E-state index contributed by atoms with van der Waals surface area (Å²) in [6.07, 6.45) is -4.89. The van der Waals surface area contributed by atoms with Crippen LogP contribution in [-0.2, 0) is 4.79 Å². The van der Waals surface area contributed by atoms with Crippen LogP contribution in [-0.4, -0.2) is 17.3 Å². The minimum atomic E-state index is -4.62. The van der Waals surface area contributed by atoms with E-state index in [-0.39, 0.29) is 12.3 Å². The van der Waals surface area contributed by atoms with Crippen molar-refractivity contribution in [2.45, 2.75) is 26.4 Å². The number of halogens is 3. The van der Waals surface area contributed by atoms with Crippen LogP contribution in [0.2, 0.25) is 0 Å². The molecule has 1 aliphatic rings. The molecule has 0 spiro atoms. The Bertz CT molecular complexity index is 234. The Labute approximate surface area is 73.7 Å². The Morgan fingerprint density at radius 3 is 2.08 bits per heavy atom. The highest BCUT2D eigenvalue weighted by atomic mass is 19.4. The van der Waals surface area contributed by atoms with Crippen molar-refractivity contribution in [2.24, 2.45) is 17.3 Å². The van der Waals surface area contributed by atoms with Crippen molar-refractivity contribution < 1.29 is 23.1 Å². The second kappa shape index (κ2) is 2.62. The van der Waals surface area contributed by atoms with E-state index >= 15 is 0 Å². The first kappa shape index (κ1) is 10.3. The number of hydrogen-bond acceptors (Lipinski definition) is 1. The average Bonchev–Trinajstić information content (AvgIpc) is 2.57. The molecule has 0 radical (unpaired) electrons. The minimum absolute atomic E-state index is 0.238. The molecule has 0 saturated heterocycles. The molecule has 1 saturated carbocycles. The molecule has 13 heavy (non-hydrogen) atoms. The zero-order valence-electron chi connectivity index (χ0n) is 7.35. The summed E-state index contributed by atoms with van der Waals surface area (Å²) in [4.78, 5) is 10.5. The maximum absolute atomic E-state index is 12.4. The molecule has 76 valence electrons. The summed E-state index contributed by atoms with van der Waals surface area (Å²) in [6, 6.07) is 0. The molecule has 1 N–H and O–H groups in total. The molecular weight excluding hydrogens is 185 g/mol. The lowest BCUT2D eigenvalue weighted by Gasteiger charge is -2.17. The summed E-state index contributed by atoms with van der Waals surface area (Å²) in [6.45, 7) is 3.22. The molecule has 1 rings (SSSR count). The van der Waals surface area contributed by atoms with Gasteiger partial charge >= 0.3 is 12.1 Å². The smallest absolute Gasteiger partial charge is 0.405 e. The van der Waals surface area contributed by atoms with Crippen LogP contribution in [0.5, 0.6) is 0 Å². The van der Waals surface area contributed by atoms with Gasteiger partial charge in [0, 0.05) is 0 Å². The number of carboxylic acid groups (broad SMARTS) is 1. The SMILES string of the molecule is CC(C)C1CC1(C(=O)O)C(F)(F)F. The van der Waals surface area contributed by atoms with Crippen molar-refractivity contribution in [2.75, 3.05) is 0 Å². The highest BCUT2D eigenvalue weighted by Gasteiger charge is 2.76. The molecule has 0 amide bonds. The van der Waals surface area contributed by atoms with Gasteiger partial charge in [-0.2, -0.15) is 13.2 Å². The first-order valence-corrected chi connectivity index (χ1v) is 4.03. The minimum Gasteiger partial charge on any atom is -0.481 e. The van der Waals surface area contributed by atoms with E-state index < -0.39 is 23.5 Å². The third kappa shape index (κ3) is 1.30. The van der Waals surface area contributed by atoms with Crippen molar-refractivity contribution >= 4 is 5.97 Å². The van der Waals surface area contributed by atoms with Crippen LogP contribution >= 0.6 is 0 Å². The summed E-state index contributed by atoms with van der Waals surface area (Å²) >= 11 is 0. The molecule has 5 heteroatoms. The highest BCUT2D eigenvalue weighted by molar-refractivity contribution is 5.79. The molecule has 0 aromatic heterocycles. The Kier molecular flexibility index (Phi) is 2.09. The van der Waals surface area contributed by atoms with Gasteiger partial charge in [0.15, 0.2) is 5.41 Å². The van der Waals surface area contributed by atoms with E-state index in [0.717, 1.165) is 0 Å². The van der Waals surface area contributed by atoms with Crippen molar-refractivity contribution in [3.05, 3.63) is 0 Å². The van der Waals surface area contributed by atoms with Gasteiger partial charge in [-0.05, 0) is 18.3 Å². The van der Waals surface area contributed by atoms with Gasteiger partial charge in [-0.25, -0.2) is 0 Å². The summed E-state index contributed by atoms with van der Waals surface area (Å²) in [5.74, 6) is -2.73. The Morgan fingerprint density at radius 2 is 2.00 bits per heavy atom. The molecule has 2 atom stereocenters. The van der Waals surface area contributed by atoms with Gasteiger partial charge in [0.05, 0.1) is 0 Å². The fourth-order valence-electron chi connectivity index (χ4n) is 1.79. The fourth-order valence-corrected chi connectivity index (χ4v) is 1.79. The predicted molar refractivity (Wildman–Crippen MR) is 39.1 cm³/mol. The molecule has 0 aromatic rings. The lowest BCUT2D eigenvalue weighted by Crippen LogP contribution is -2.35. The third-order valence-electron chi connectivity index (χ3n) is 2.71. The Hall–Kier alpha value is -0.740. The van der Waals surface area contributed by atoms with E-state index in [0.29, 0.717) is 0 Å². The van der Waals surface area contributed by atoms with E-state index in [1.165, 1.54) is 0 Å². The maximum Gasteiger partial charge on any atom is 0.405 e. The normalized spacial score (nSPS) is 33.5. The lowest BCUT2D eigenvalue weighted by molar-refractivity contribution is -0.207. The van der Waals surface area contributed by atoms with Gasteiger partial charge < -0.3 is 5.11 Å². The van der Waals surface area contributed by atoms with Crippen molar-refractivity contribution in [3.8, 4) is 0 Å². The van der Waals surface area contributed by atoms with E-state index in [1.54, 1.807) is 13.8 Å². The molecule has 1 aliphatic carbocycles. The second-order valence-corrected chi connectivity index (χ2v) is 3.83. The van der Waals surface area contributed by atoms with Crippen LogP contribution in [0.1, 0.15) is 20.3 Å². The van der Waals surface area contributed by atoms with Gasteiger partial charge in [0.25, 0.3) is 0 Å². The van der Waals surface area contributed by atoms with Crippen LogP contribution in [0.3, 0.4) is 0 Å². The van der Waals surface area contributed by atoms with Gasteiger partial charge in [-0.3, -0.25) is 4.79 Å². The number of aliphatic carboxylic acids is 1. The summed E-state index contributed by atoms with van der Waals surface area (Å²) in [7, 11) is 0. The lowest BCUT2D eigenvalue weighted by atomic mass is 9.97. The van der Waals surface area contributed by atoms with Crippen LogP contribution in [0.4, 0.5) is 13.2 Å². The molecule has 0 aromatic carbocycles. The van der Waals surface area contributed by atoms with Gasteiger partial charge in [0.2, 0.25) is 0 Å². The van der Waals surface area contributed by atoms with E-state index in [1.807, 2.05) is 0 Å². The average molecular weight is 196 g/mol. The van der Waals surface area contributed by atoms with Crippen LogP contribution in [0, 0.1) is 17.3 Å². The molecule has 1 fully saturated rings. The second-order valence-electron chi connectivity index (χ2n) is 3.83. The number of carboxylic acids is 1. The molecule has 0 aliphatic heterocycles. The highest BCUT2D eigenvalue weighted by Crippen LogP contribution is 2.65. The zero-order valence-corrected chi connectivity index (χ0v) is 7.35. The number of carbonyl (C=O) groups is 1. The third-order valence-corrected chi connectivity index (χ3v) is 2.71. The standard InChI is InChI=1S/C8H11F3O2/c1-4(2)5-3-7(5,6(12)13)8(9,10)11/h4-5H,3H2,1-2H3,(H,12,13). The quantitative estimate of drug-likeness (QED) is 0.735. The molecule has 0 bridgehead atoms. The van der Waals surface area contributed by atoms with E-state index in [2.05, 4.69) is 0 Å². The topological polar surface area (TPSA) is 37.3 Å².